The Morgan fingerprint density at radius 3 is 2.58 bits per heavy atom. The van der Waals surface area contributed by atoms with E-state index in [1.807, 2.05) is 7.05 Å². The third-order valence-electron chi connectivity index (χ3n) is 5.52. The quantitative estimate of drug-likeness (QED) is 0.348. The van der Waals surface area contributed by atoms with Crippen molar-refractivity contribution in [3.8, 4) is 0 Å². The summed E-state index contributed by atoms with van der Waals surface area (Å²) >= 11 is 0. The average Bonchev–Trinajstić information content (AvgIpc) is 3.02. The molecule has 2 aliphatic heterocycles. The van der Waals surface area contributed by atoms with Crippen molar-refractivity contribution in [2.75, 3.05) is 46.4 Å². The van der Waals surface area contributed by atoms with Gasteiger partial charge >= 0.3 is 0 Å². The highest BCUT2D eigenvalue weighted by molar-refractivity contribution is 14.0. The zero-order valence-corrected chi connectivity index (χ0v) is 19.8. The fourth-order valence-corrected chi connectivity index (χ4v) is 4.30. The SMILES string of the molecule is CCCN1CCC(CNC(=NC)NCC2CCCOC2C(C)(C)C)C1.I. The van der Waals surface area contributed by atoms with Crippen LogP contribution in [-0.2, 0) is 4.74 Å². The minimum atomic E-state index is 0. The monoisotopic (exact) mass is 480 g/mol. The molecule has 2 fully saturated rings. The number of hydrogen-bond acceptors (Lipinski definition) is 3. The van der Waals surface area contributed by atoms with Crippen LogP contribution in [0.5, 0.6) is 0 Å². The molecule has 0 radical (unpaired) electrons. The zero-order chi connectivity index (χ0) is 18.3. The van der Waals surface area contributed by atoms with Crippen LogP contribution in [0.25, 0.3) is 0 Å². The molecule has 3 unspecified atom stereocenters. The molecule has 0 bridgehead atoms. The summed E-state index contributed by atoms with van der Waals surface area (Å²) < 4.78 is 6.09. The molecule has 5 nitrogen and oxygen atoms in total. The molecular weight excluding hydrogens is 439 g/mol. The molecule has 0 saturated carbocycles. The van der Waals surface area contributed by atoms with E-state index in [0.29, 0.717) is 12.0 Å². The summed E-state index contributed by atoms with van der Waals surface area (Å²) in [5.41, 5.74) is 0.191. The molecule has 26 heavy (non-hydrogen) atoms. The van der Waals surface area contributed by atoms with E-state index < -0.39 is 0 Å². The Balaban J connectivity index is 0.00000338. The first-order chi connectivity index (χ1) is 11.9. The van der Waals surface area contributed by atoms with Crippen molar-refractivity contribution in [1.29, 1.82) is 0 Å². The lowest BCUT2D eigenvalue weighted by Crippen LogP contribution is -2.48. The van der Waals surface area contributed by atoms with Gasteiger partial charge in [-0.15, -0.1) is 24.0 Å². The summed E-state index contributed by atoms with van der Waals surface area (Å²) in [5, 5.41) is 7.09. The number of hydrogen-bond donors (Lipinski definition) is 2. The van der Waals surface area contributed by atoms with Crippen molar-refractivity contribution in [3.05, 3.63) is 0 Å². The molecule has 0 aliphatic carbocycles. The Labute approximate surface area is 178 Å². The van der Waals surface area contributed by atoms with Crippen molar-refractivity contribution in [1.82, 2.24) is 15.5 Å². The second-order valence-corrected chi connectivity index (χ2v) is 8.85. The third-order valence-corrected chi connectivity index (χ3v) is 5.52. The first-order valence-electron chi connectivity index (χ1n) is 10.2. The maximum absolute atomic E-state index is 6.09. The highest BCUT2D eigenvalue weighted by Crippen LogP contribution is 2.33. The van der Waals surface area contributed by atoms with E-state index in [0.717, 1.165) is 31.6 Å². The molecule has 0 aromatic carbocycles. The highest BCUT2D eigenvalue weighted by atomic mass is 127. The van der Waals surface area contributed by atoms with E-state index in [1.165, 1.54) is 45.3 Å². The average molecular weight is 480 g/mol. The molecule has 2 saturated heterocycles. The van der Waals surface area contributed by atoms with Crippen LogP contribution in [0.3, 0.4) is 0 Å². The summed E-state index contributed by atoms with van der Waals surface area (Å²) in [5.74, 6) is 2.23. The lowest BCUT2D eigenvalue weighted by atomic mass is 9.78. The van der Waals surface area contributed by atoms with Gasteiger partial charge in [-0.25, -0.2) is 0 Å². The minimum Gasteiger partial charge on any atom is -0.377 e. The van der Waals surface area contributed by atoms with Gasteiger partial charge in [-0.05, 0) is 50.1 Å². The van der Waals surface area contributed by atoms with Crippen LogP contribution in [-0.4, -0.2) is 63.3 Å². The third kappa shape index (κ3) is 7.50. The number of aliphatic imine (C=N–C) groups is 1. The normalized spacial score (nSPS) is 27.9. The van der Waals surface area contributed by atoms with Gasteiger partial charge in [-0.3, -0.25) is 4.99 Å². The Morgan fingerprint density at radius 1 is 1.19 bits per heavy atom. The maximum atomic E-state index is 6.09. The van der Waals surface area contributed by atoms with Crippen LogP contribution < -0.4 is 10.6 Å². The molecule has 2 aliphatic rings. The number of guanidine groups is 1. The number of likely N-dealkylation sites (tertiary alicyclic amines) is 1. The Bertz CT molecular complexity index is 425. The second-order valence-electron chi connectivity index (χ2n) is 8.85. The number of halogens is 1. The lowest BCUT2D eigenvalue weighted by molar-refractivity contribution is -0.0835. The van der Waals surface area contributed by atoms with Crippen LogP contribution in [0.4, 0.5) is 0 Å². The van der Waals surface area contributed by atoms with Crippen LogP contribution in [0, 0.1) is 17.3 Å². The second kappa shape index (κ2) is 11.7. The van der Waals surface area contributed by atoms with Crippen molar-refractivity contribution in [3.63, 3.8) is 0 Å². The predicted octanol–water partition coefficient (Wildman–Crippen LogP) is 3.34. The lowest BCUT2D eigenvalue weighted by Gasteiger charge is -2.40. The Kier molecular flexibility index (Phi) is 10.8. The van der Waals surface area contributed by atoms with Gasteiger partial charge in [0.15, 0.2) is 5.96 Å². The summed E-state index contributed by atoms with van der Waals surface area (Å²) in [6.07, 6.45) is 5.28. The number of nitrogens with one attached hydrogen (secondary N) is 2. The molecule has 3 atom stereocenters. The predicted molar refractivity (Wildman–Crippen MR) is 122 cm³/mol. The van der Waals surface area contributed by atoms with Gasteiger partial charge in [0.1, 0.15) is 0 Å². The topological polar surface area (TPSA) is 48.9 Å². The molecule has 2 rings (SSSR count). The molecule has 0 amide bonds. The minimum absolute atomic E-state index is 0. The van der Waals surface area contributed by atoms with Gasteiger partial charge in [0, 0.05) is 39.2 Å². The number of rotatable bonds is 6. The first-order valence-corrected chi connectivity index (χ1v) is 10.2. The van der Waals surface area contributed by atoms with E-state index in [1.54, 1.807) is 0 Å². The summed E-state index contributed by atoms with van der Waals surface area (Å²) in [6, 6.07) is 0. The molecule has 0 aromatic heterocycles. The smallest absolute Gasteiger partial charge is 0.190 e. The van der Waals surface area contributed by atoms with Crippen molar-refractivity contribution < 1.29 is 4.74 Å². The number of ether oxygens (including phenoxy) is 1. The molecule has 0 spiro atoms. The largest absolute Gasteiger partial charge is 0.377 e. The number of nitrogens with zero attached hydrogens (tertiary/aromatic N) is 2. The Hall–Kier alpha value is -0.0800. The molecular formula is C20H41IN4O. The van der Waals surface area contributed by atoms with E-state index in [4.69, 9.17) is 4.74 Å². The van der Waals surface area contributed by atoms with Gasteiger partial charge < -0.3 is 20.3 Å². The zero-order valence-electron chi connectivity index (χ0n) is 17.5. The van der Waals surface area contributed by atoms with Crippen molar-refractivity contribution >= 4 is 29.9 Å². The van der Waals surface area contributed by atoms with Gasteiger partial charge in [-0.1, -0.05) is 27.7 Å². The van der Waals surface area contributed by atoms with E-state index >= 15 is 0 Å². The van der Waals surface area contributed by atoms with Crippen LogP contribution in [0.15, 0.2) is 4.99 Å². The van der Waals surface area contributed by atoms with Gasteiger partial charge in [0.2, 0.25) is 0 Å². The van der Waals surface area contributed by atoms with Gasteiger partial charge in [0.05, 0.1) is 6.10 Å². The summed E-state index contributed by atoms with van der Waals surface area (Å²) in [4.78, 5) is 7.00. The van der Waals surface area contributed by atoms with E-state index in [9.17, 15) is 0 Å². The van der Waals surface area contributed by atoms with Crippen LogP contribution in [0.2, 0.25) is 0 Å². The van der Waals surface area contributed by atoms with Crippen LogP contribution in [0.1, 0.15) is 53.4 Å². The molecule has 2 heterocycles. The first kappa shape index (κ1) is 24.0. The highest BCUT2D eigenvalue weighted by Gasteiger charge is 2.35. The van der Waals surface area contributed by atoms with E-state index in [-0.39, 0.29) is 29.4 Å². The fraction of sp³-hybridized carbons (Fsp3) is 0.950. The maximum Gasteiger partial charge on any atom is 0.190 e. The van der Waals surface area contributed by atoms with Crippen LogP contribution >= 0.6 is 24.0 Å². The fourth-order valence-electron chi connectivity index (χ4n) is 4.30. The molecule has 2 N–H and O–H groups in total. The Morgan fingerprint density at radius 2 is 1.92 bits per heavy atom. The van der Waals surface area contributed by atoms with Gasteiger partial charge in [-0.2, -0.15) is 0 Å². The van der Waals surface area contributed by atoms with Gasteiger partial charge in [0.25, 0.3) is 0 Å². The standard InChI is InChI=1S/C20H40N4O.HI/c1-6-10-24-11-9-16(15-24)13-22-19(21-5)23-14-17-8-7-12-25-18(17)20(2,3)4;/h16-18H,6-15H2,1-5H3,(H2,21,22,23);1H. The summed E-state index contributed by atoms with van der Waals surface area (Å²) in [7, 11) is 1.87. The molecule has 154 valence electrons. The van der Waals surface area contributed by atoms with Crippen molar-refractivity contribution in [2.45, 2.75) is 59.5 Å². The molecule has 6 heteroatoms. The summed E-state index contributed by atoms with van der Waals surface area (Å²) in [6.45, 7) is 15.7. The van der Waals surface area contributed by atoms with E-state index in [2.05, 4.69) is 48.2 Å². The van der Waals surface area contributed by atoms with Crippen molar-refractivity contribution in [2.24, 2.45) is 22.2 Å². The molecule has 0 aromatic rings.